The average molecular weight is 250 g/mol. The zero-order chi connectivity index (χ0) is 12.4. The second-order valence-corrected chi connectivity index (χ2v) is 6.90. The first kappa shape index (κ1) is 11.0. The summed E-state index contributed by atoms with van der Waals surface area (Å²) in [6, 6.07) is 0. The largest absolute Gasteiger partial charge is 0.370 e. The standard InChI is InChI=1S/C12H18N4S/c1-11(2)6-4-5-12(11,3)8-7(6)17-10(15-8)16-9(13)14/h6H,4-5H2,1-3H3,(H4,13,14,15,16)/t6-,12+/m0/s1. The Hall–Kier alpha value is -1.10. The van der Waals surface area contributed by atoms with Crippen molar-refractivity contribution < 1.29 is 0 Å². The van der Waals surface area contributed by atoms with Crippen molar-refractivity contribution in [3.05, 3.63) is 10.6 Å². The molecule has 4 nitrogen and oxygen atoms in total. The maximum atomic E-state index is 5.41. The fraction of sp³-hybridized carbons (Fsp3) is 0.667. The Morgan fingerprint density at radius 2 is 2.12 bits per heavy atom. The number of aliphatic imine (C=N–C) groups is 1. The molecule has 0 radical (unpaired) electrons. The Morgan fingerprint density at radius 1 is 1.41 bits per heavy atom. The molecule has 1 aromatic rings. The molecule has 5 heteroatoms. The average Bonchev–Trinajstić information content (AvgIpc) is 2.73. The Morgan fingerprint density at radius 3 is 2.71 bits per heavy atom. The molecule has 2 bridgehead atoms. The van der Waals surface area contributed by atoms with Crippen LogP contribution in [-0.4, -0.2) is 10.9 Å². The van der Waals surface area contributed by atoms with E-state index in [4.69, 9.17) is 11.5 Å². The van der Waals surface area contributed by atoms with Crippen LogP contribution in [-0.2, 0) is 5.41 Å². The molecule has 0 unspecified atom stereocenters. The van der Waals surface area contributed by atoms with Gasteiger partial charge in [0.1, 0.15) is 0 Å². The molecular formula is C12H18N4S. The quantitative estimate of drug-likeness (QED) is 0.592. The lowest BCUT2D eigenvalue weighted by Gasteiger charge is -2.34. The number of fused-ring (bicyclic) bond motifs is 5. The van der Waals surface area contributed by atoms with Gasteiger partial charge in [0.05, 0.1) is 5.69 Å². The van der Waals surface area contributed by atoms with E-state index in [9.17, 15) is 0 Å². The summed E-state index contributed by atoms with van der Waals surface area (Å²) in [4.78, 5) is 10.1. The second-order valence-electron chi connectivity index (χ2n) is 5.89. The Labute approximate surface area is 105 Å². The lowest BCUT2D eigenvalue weighted by molar-refractivity contribution is 0.227. The smallest absolute Gasteiger partial charge is 0.212 e. The van der Waals surface area contributed by atoms with Gasteiger partial charge in [0, 0.05) is 16.2 Å². The number of hydrogen-bond donors (Lipinski definition) is 2. The molecule has 0 amide bonds. The minimum absolute atomic E-state index is 0.0918. The molecule has 92 valence electrons. The number of nitrogens with zero attached hydrogens (tertiary/aromatic N) is 2. The molecule has 17 heavy (non-hydrogen) atoms. The van der Waals surface area contributed by atoms with Gasteiger partial charge in [-0.3, -0.25) is 0 Å². The van der Waals surface area contributed by atoms with E-state index in [-0.39, 0.29) is 11.4 Å². The van der Waals surface area contributed by atoms with Gasteiger partial charge in [-0.2, -0.15) is 4.99 Å². The zero-order valence-electron chi connectivity index (χ0n) is 10.4. The van der Waals surface area contributed by atoms with Crippen molar-refractivity contribution in [1.82, 2.24) is 4.98 Å². The van der Waals surface area contributed by atoms with Crippen LogP contribution in [0.1, 0.15) is 50.1 Å². The Balaban J connectivity index is 2.13. The molecule has 3 rings (SSSR count). The third-order valence-electron chi connectivity index (χ3n) is 4.93. The number of rotatable bonds is 1. The number of guanidine groups is 1. The van der Waals surface area contributed by atoms with Crippen LogP contribution in [0.25, 0.3) is 0 Å². The highest BCUT2D eigenvalue weighted by atomic mass is 32.1. The van der Waals surface area contributed by atoms with Gasteiger partial charge < -0.3 is 11.5 Å². The summed E-state index contributed by atoms with van der Waals surface area (Å²) in [5.41, 5.74) is 12.6. The number of aromatic nitrogens is 1. The lowest BCUT2D eigenvalue weighted by atomic mass is 9.70. The van der Waals surface area contributed by atoms with E-state index in [1.54, 1.807) is 11.3 Å². The van der Waals surface area contributed by atoms with E-state index >= 15 is 0 Å². The number of thiazole rings is 1. The van der Waals surface area contributed by atoms with Crippen LogP contribution >= 0.6 is 11.3 Å². The molecule has 0 spiro atoms. The van der Waals surface area contributed by atoms with E-state index in [2.05, 4.69) is 30.7 Å². The normalized spacial score (nSPS) is 32.5. The van der Waals surface area contributed by atoms with E-state index in [0.29, 0.717) is 16.5 Å². The fourth-order valence-electron chi connectivity index (χ4n) is 3.49. The first-order chi connectivity index (χ1) is 7.86. The van der Waals surface area contributed by atoms with Gasteiger partial charge in [0.2, 0.25) is 5.13 Å². The second kappa shape index (κ2) is 3.02. The van der Waals surface area contributed by atoms with Crippen molar-refractivity contribution in [1.29, 1.82) is 0 Å². The minimum atomic E-state index is 0.0918. The summed E-state index contributed by atoms with van der Waals surface area (Å²) in [5.74, 6) is 0.720. The molecule has 2 atom stereocenters. The molecule has 2 aliphatic rings. The molecule has 4 N–H and O–H groups in total. The van der Waals surface area contributed by atoms with Crippen LogP contribution in [0.15, 0.2) is 4.99 Å². The molecular weight excluding hydrogens is 232 g/mol. The van der Waals surface area contributed by atoms with Gasteiger partial charge >= 0.3 is 0 Å². The SMILES string of the molecule is CC1(C)[C@H]2CC[C@]1(C)c1nc(N=C(N)N)sc12. The molecule has 0 aromatic carbocycles. The highest BCUT2D eigenvalue weighted by Crippen LogP contribution is 2.68. The van der Waals surface area contributed by atoms with Crippen LogP contribution in [0.4, 0.5) is 5.13 Å². The van der Waals surface area contributed by atoms with Gasteiger partial charge in [0.25, 0.3) is 0 Å². The molecule has 1 fully saturated rings. The van der Waals surface area contributed by atoms with Gasteiger partial charge in [-0.1, -0.05) is 32.1 Å². The molecule has 2 aliphatic carbocycles. The Kier molecular flexibility index (Phi) is 1.95. The topological polar surface area (TPSA) is 77.3 Å². The van der Waals surface area contributed by atoms with Crippen molar-refractivity contribution in [3.63, 3.8) is 0 Å². The maximum absolute atomic E-state index is 5.41. The van der Waals surface area contributed by atoms with Crippen molar-refractivity contribution in [2.75, 3.05) is 0 Å². The maximum Gasteiger partial charge on any atom is 0.212 e. The highest BCUT2D eigenvalue weighted by molar-refractivity contribution is 7.15. The third-order valence-corrected chi connectivity index (χ3v) is 6.00. The van der Waals surface area contributed by atoms with Crippen molar-refractivity contribution >= 4 is 22.4 Å². The summed E-state index contributed by atoms with van der Waals surface area (Å²) in [7, 11) is 0. The van der Waals surface area contributed by atoms with E-state index < -0.39 is 0 Å². The Bertz CT molecular complexity index is 513. The fourth-order valence-corrected chi connectivity index (χ4v) is 4.90. The highest BCUT2D eigenvalue weighted by Gasteiger charge is 2.61. The predicted octanol–water partition coefficient (Wildman–Crippen LogP) is 2.22. The van der Waals surface area contributed by atoms with Crippen LogP contribution in [0, 0.1) is 5.41 Å². The lowest BCUT2D eigenvalue weighted by Crippen LogP contribution is -2.31. The van der Waals surface area contributed by atoms with Crippen LogP contribution in [0.2, 0.25) is 0 Å². The monoisotopic (exact) mass is 250 g/mol. The van der Waals surface area contributed by atoms with E-state index in [0.717, 1.165) is 0 Å². The van der Waals surface area contributed by atoms with Crippen molar-refractivity contribution in [3.8, 4) is 0 Å². The summed E-state index contributed by atoms with van der Waals surface area (Å²) >= 11 is 1.66. The zero-order valence-corrected chi connectivity index (χ0v) is 11.3. The molecule has 0 aliphatic heterocycles. The number of nitrogens with two attached hydrogens (primary N) is 2. The first-order valence-electron chi connectivity index (χ1n) is 5.97. The molecule has 1 aromatic heterocycles. The summed E-state index contributed by atoms with van der Waals surface area (Å²) < 4.78 is 0. The van der Waals surface area contributed by atoms with Crippen LogP contribution in [0.5, 0.6) is 0 Å². The van der Waals surface area contributed by atoms with Gasteiger partial charge in [-0.05, 0) is 18.3 Å². The predicted molar refractivity (Wildman–Crippen MR) is 70.7 cm³/mol. The van der Waals surface area contributed by atoms with Crippen LogP contribution in [0.3, 0.4) is 0 Å². The summed E-state index contributed by atoms with van der Waals surface area (Å²) in [6.07, 6.45) is 2.49. The van der Waals surface area contributed by atoms with Gasteiger partial charge in [-0.15, -0.1) is 0 Å². The van der Waals surface area contributed by atoms with E-state index in [1.165, 1.54) is 23.4 Å². The third kappa shape index (κ3) is 1.18. The molecule has 0 saturated heterocycles. The minimum Gasteiger partial charge on any atom is -0.370 e. The van der Waals surface area contributed by atoms with Gasteiger partial charge in [0.15, 0.2) is 5.96 Å². The van der Waals surface area contributed by atoms with Crippen molar-refractivity contribution in [2.24, 2.45) is 21.9 Å². The van der Waals surface area contributed by atoms with Crippen molar-refractivity contribution in [2.45, 2.75) is 44.9 Å². The summed E-state index contributed by atoms with van der Waals surface area (Å²) in [5, 5.41) is 0.712. The van der Waals surface area contributed by atoms with Gasteiger partial charge in [-0.25, -0.2) is 4.98 Å². The molecule has 1 heterocycles. The molecule has 1 saturated carbocycles. The first-order valence-corrected chi connectivity index (χ1v) is 6.79. The van der Waals surface area contributed by atoms with Crippen LogP contribution < -0.4 is 11.5 Å². The van der Waals surface area contributed by atoms with E-state index in [1.807, 2.05) is 0 Å². The number of hydrogen-bond acceptors (Lipinski definition) is 3. The summed E-state index contributed by atoms with van der Waals surface area (Å²) in [6.45, 7) is 7.05.